The number of ether oxygens (including phenoxy) is 1. The number of nitrogens with zero attached hydrogens (tertiary/aromatic N) is 2. The van der Waals surface area contributed by atoms with Gasteiger partial charge in [0.1, 0.15) is 17.3 Å². The molecule has 6 nitrogen and oxygen atoms in total. The molecule has 2 aromatic rings. The van der Waals surface area contributed by atoms with Gasteiger partial charge in [0.2, 0.25) is 0 Å². The first kappa shape index (κ1) is 15.7. The van der Waals surface area contributed by atoms with Gasteiger partial charge in [0.15, 0.2) is 5.69 Å². The molecule has 0 saturated heterocycles. The monoisotopic (exact) mass is 319 g/mol. The maximum atomic E-state index is 13.3. The topological polar surface area (TPSA) is 88.1 Å². The molecule has 0 unspecified atom stereocenters. The summed E-state index contributed by atoms with van der Waals surface area (Å²) < 4.78 is 56.2. The first-order valence-electron chi connectivity index (χ1n) is 5.93. The molecule has 0 bridgehead atoms. The lowest BCUT2D eigenvalue weighted by molar-refractivity contribution is -0.139. The molecule has 1 aromatic carbocycles. The minimum Gasteiger partial charge on any atom is -0.507 e. The highest BCUT2D eigenvalue weighted by atomic mass is 19.4. The minimum atomic E-state index is -4.97. The number of hydrogen-bond donors (Lipinski definition) is 2. The lowest BCUT2D eigenvalue weighted by Crippen LogP contribution is -2.10. The molecule has 0 aliphatic rings. The zero-order chi connectivity index (χ0) is 16.5. The largest absolute Gasteiger partial charge is 0.507 e. The second kappa shape index (κ2) is 5.62. The average molecular weight is 319 g/mol. The number of nitrogens with one attached hydrogen (secondary N) is 1. The van der Waals surface area contributed by atoms with Crippen molar-refractivity contribution < 1.29 is 32.2 Å². The first-order chi connectivity index (χ1) is 10.3. The van der Waals surface area contributed by atoms with E-state index < -0.39 is 40.5 Å². The quantitative estimate of drug-likeness (QED) is 0.670. The molecule has 118 valence electrons. The minimum absolute atomic E-state index is 0.00827. The van der Waals surface area contributed by atoms with Crippen LogP contribution in [0.3, 0.4) is 0 Å². The Kier molecular flexibility index (Phi) is 4.02. The number of hydrogen-bond acceptors (Lipinski definition) is 5. The first-order valence-corrected chi connectivity index (χ1v) is 5.93. The Morgan fingerprint density at radius 2 is 2.05 bits per heavy atom. The van der Waals surface area contributed by atoms with Crippen molar-refractivity contribution in [3.8, 4) is 17.0 Å². The van der Waals surface area contributed by atoms with Crippen LogP contribution in [-0.4, -0.2) is 33.1 Å². The second-order valence-corrected chi connectivity index (χ2v) is 4.09. The molecule has 1 aromatic heterocycles. The summed E-state index contributed by atoms with van der Waals surface area (Å²) in [6.07, 6.45) is -4.97. The van der Waals surface area contributed by atoms with E-state index in [0.717, 1.165) is 0 Å². The lowest BCUT2D eigenvalue weighted by atomic mass is 10.0. The highest BCUT2D eigenvalue weighted by Crippen LogP contribution is 2.38. The molecule has 10 heteroatoms. The number of halogens is 4. The van der Waals surface area contributed by atoms with Crippen molar-refractivity contribution in [3.63, 3.8) is 0 Å². The molecule has 0 atom stereocenters. The standard InChI is InChI=1S/C12H9F4N3O3/c1-2-22-11(21)10-9(17-19-18-10)5-3-6(12(14,15)16)7(13)4-8(5)20/h3-4,20H,2H2,1H3,(H,17,18,19). The number of esters is 1. The van der Waals surface area contributed by atoms with Gasteiger partial charge in [-0.05, 0) is 13.0 Å². The Hall–Kier alpha value is -2.65. The Labute approximate surface area is 120 Å². The van der Waals surface area contributed by atoms with Crippen LogP contribution in [-0.2, 0) is 10.9 Å². The Bertz CT molecular complexity index is 712. The molecule has 0 fully saturated rings. The van der Waals surface area contributed by atoms with E-state index in [0.29, 0.717) is 12.1 Å². The molecule has 0 aliphatic heterocycles. The number of rotatable bonds is 3. The maximum Gasteiger partial charge on any atom is 0.419 e. The third-order valence-corrected chi connectivity index (χ3v) is 2.66. The SMILES string of the molecule is CCOC(=O)c1n[nH]nc1-c1cc(C(F)(F)F)c(F)cc1O. The van der Waals surface area contributed by atoms with Gasteiger partial charge in [-0.15, -0.1) is 5.10 Å². The van der Waals surface area contributed by atoms with E-state index >= 15 is 0 Å². The summed E-state index contributed by atoms with van der Waals surface area (Å²) in [5.41, 5.74) is -2.89. The van der Waals surface area contributed by atoms with E-state index in [4.69, 9.17) is 0 Å². The van der Waals surface area contributed by atoms with E-state index in [9.17, 15) is 27.5 Å². The van der Waals surface area contributed by atoms with Crippen LogP contribution in [0.15, 0.2) is 12.1 Å². The number of aromatic nitrogens is 3. The number of H-pyrrole nitrogens is 1. The van der Waals surface area contributed by atoms with Crippen molar-refractivity contribution in [1.82, 2.24) is 15.4 Å². The number of phenolic OH excluding ortho intramolecular Hbond substituents is 1. The number of alkyl halides is 3. The van der Waals surface area contributed by atoms with E-state index in [-0.39, 0.29) is 12.3 Å². The molecule has 22 heavy (non-hydrogen) atoms. The Morgan fingerprint density at radius 3 is 2.64 bits per heavy atom. The van der Waals surface area contributed by atoms with Crippen LogP contribution in [0.5, 0.6) is 5.75 Å². The fourth-order valence-electron chi connectivity index (χ4n) is 1.73. The van der Waals surface area contributed by atoms with Crippen molar-refractivity contribution in [1.29, 1.82) is 0 Å². The molecule has 0 aliphatic carbocycles. The number of benzene rings is 1. The fourth-order valence-corrected chi connectivity index (χ4v) is 1.73. The Morgan fingerprint density at radius 1 is 1.36 bits per heavy atom. The number of aromatic amines is 1. The summed E-state index contributed by atoms with van der Waals surface area (Å²) in [6.45, 7) is 1.53. The third-order valence-electron chi connectivity index (χ3n) is 2.66. The van der Waals surface area contributed by atoms with Crippen LogP contribution in [0.1, 0.15) is 23.0 Å². The molecular weight excluding hydrogens is 310 g/mol. The molecule has 0 saturated carbocycles. The van der Waals surface area contributed by atoms with E-state index in [1.54, 1.807) is 0 Å². The number of aromatic hydroxyl groups is 1. The van der Waals surface area contributed by atoms with Gasteiger partial charge in [0, 0.05) is 11.6 Å². The maximum absolute atomic E-state index is 13.3. The van der Waals surface area contributed by atoms with Gasteiger partial charge in [0.25, 0.3) is 0 Å². The van der Waals surface area contributed by atoms with Gasteiger partial charge in [-0.1, -0.05) is 0 Å². The summed E-state index contributed by atoms with van der Waals surface area (Å²) in [4.78, 5) is 11.6. The van der Waals surface area contributed by atoms with Gasteiger partial charge in [-0.25, -0.2) is 9.18 Å². The van der Waals surface area contributed by atoms with Gasteiger partial charge < -0.3 is 9.84 Å². The molecular formula is C12H9F4N3O3. The average Bonchev–Trinajstić information content (AvgIpc) is 2.86. The molecule has 2 rings (SSSR count). The van der Waals surface area contributed by atoms with Crippen LogP contribution < -0.4 is 0 Å². The fraction of sp³-hybridized carbons (Fsp3) is 0.250. The molecule has 0 amide bonds. The van der Waals surface area contributed by atoms with Crippen molar-refractivity contribution in [2.45, 2.75) is 13.1 Å². The highest BCUT2D eigenvalue weighted by molar-refractivity contribution is 5.94. The molecule has 0 radical (unpaired) electrons. The number of carbonyl (C=O) groups excluding carboxylic acids is 1. The van der Waals surface area contributed by atoms with Crippen molar-refractivity contribution >= 4 is 5.97 Å². The Balaban J connectivity index is 2.59. The van der Waals surface area contributed by atoms with Crippen LogP contribution >= 0.6 is 0 Å². The zero-order valence-corrected chi connectivity index (χ0v) is 11.0. The van der Waals surface area contributed by atoms with Crippen LogP contribution in [0, 0.1) is 5.82 Å². The van der Waals surface area contributed by atoms with Crippen LogP contribution in [0.2, 0.25) is 0 Å². The number of phenols is 1. The third kappa shape index (κ3) is 2.85. The van der Waals surface area contributed by atoms with Crippen molar-refractivity contribution in [2.24, 2.45) is 0 Å². The van der Waals surface area contributed by atoms with E-state index in [1.165, 1.54) is 6.92 Å². The highest BCUT2D eigenvalue weighted by Gasteiger charge is 2.36. The number of carbonyl (C=O) groups is 1. The van der Waals surface area contributed by atoms with Gasteiger partial charge in [-0.2, -0.15) is 23.5 Å². The molecule has 1 heterocycles. The summed E-state index contributed by atoms with van der Waals surface area (Å²) >= 11 is 0. The lowest BCUT2D eigenvalue weighted by Gasteiger charge is -2.11. The van der Waals surface area contributed by atoms with E-state index in [2.05, 4.69) is 14.9 Å². The summed E-state index contributed by atoms with van der Waals surface area (Å²) in [6, 6.07) is 0.646. The second-order valence-electron chi connectivity index (χ2n) is 4.09. The predicted molar refractivity (Wildman–Crippen MR) is 64.4 cm³/mol. The van der Waals surface area contributed by atoms with E-state index in [1.807, 2.05) is 5.21 Å². The van der Waals surface area contributed by atoms with Crippen LogP contribution in [0.25, 0.3) is 11.3 Å². The van der Waals surface area contributed by atoms with Crippen molar-refractivity contribution in [3.05, 3.63) is 29.2 Å². The summed E-state index contributed by atoms with van der Waals surface area (Å²) in [7, 11) is 0. The van der Waals surface area contributed by atoms with Crippen molar-refractivity contribution in [2.75, 3.05) is 6.61 Å². The summed E-state index contributed by atoms with van der Waals surface area (Å²) in [5, 5.41) is 18.7. The smallest absolute Gasteiger partial charge is 0.419 e. The molecule has 0 spiro atoms. The normalized spacial score (nSPS) is 11.5. The van der Waals surface area contributed by atoms with Gasteiger partial charge in [0.05, 0.1) is 12.2 Å². The van der Waals surface area contributed by atoms with Crippen LogP contribution in [0.4, 0.5) is 17.6 Å². The zero-order valence-electron chi connectivity index (χ0n) is 11.0. The predicted octanol–water partition coefficient (Wildman–Crippen LogP) is 2.51. The summed E-state index contributed by atoms with van der Waals surface area (Å²) in [5.74, 6) is -3.40. The van der Waals surface area contributed by atoms with Gasteiger partial charge in [-0.3, -0.25) is 0 Å². The molecule has 2 N–H and O–H groups in total. The van der Waals surface area contributed by atoms with Gasteiger partial charge >= 0.3 is 12.1 Å².